The Labute approximate surface area is 184 Å². The Bertz CT molecular complexity index is 921. The van der Waals surface area contributed by atoms with E-state index in [1.54, 1.807) is 19.0 Å². The smallest absolute Gasteiger partial charge is 0.325 e. The third-order valence-electron chi connectivity index (χ3n) is 7.19. The summed E-state index contributed by atoms with van der Waals surface area (Å²) in [6.07, 6.45) is 3.52. The van der Waals surface area contributed by atoms with Gasteiger partial charge in [-0.25, -0.2) is 4.79 Å². The number of carbonyl (C=O) groups is 2. The Hall–Kier alpha value is -2.86. The largest absolute Gasteiger partial charge is 0.347 e. The van der Waals surface area contributed by atoms with Gasteiger partial charge in [-0.15, -0.1) is 0 Å². The number of anilines is 1. The van der Waals surface area contributed by atoms with E-state index in [2.05, 4.69) is 29.6 Å². The lowest BCUT2D eigenvalue weighted by atomic mass is 9.69. The van der Waals surface area contributed by atoms with E-state index in [4.69, 9.17) is 0 Å². The average Bonchev–Trinajstić information content (AvgIpc) is 3.07. The summed E-state index contributed by atoms with van der Waals surface area (Å²) in [6.45, 7) is 0.734. The maximum atomic E-state index is 13.5. The highest BCUT2D eigenvalue weighted by atomic mass is 16.2. The van der Waals surface area contributed by atoms with Gasteiger partial charge in [0, 0.05) is 25.3 Å². The maximum Gasteiger partial charge on any atom is 0.325 e. The van der Waals surface area contributed by atoms with Crippen molar-refractivity contribution in [1.29, 1.82) is 0 Å². The molecule has 2 aromatic carbocycles. The monoisotopic (exact) mass is 420 g/mol. The number of nitrogens with one attached hydrogen (secondary N) is 1. The van der Waals surface area contributed by atoms with Crippen LogP contribution in [0.15, 0.2) is 60.7 Å². The van der Waals surface area contributed by atoms with E-state index < -0.39 is 0 Å². The Morgan fingerprint density at radius 2 is 1.55 bits per heavy atom. The van der Waals surface area contributed by atoms with Crippen LogP contribution in [0.4, 0.5) is 10.5 Å². The number of hydrogen-bond acceptors (Lipinski definition) is 3. The van der Waals surface area contributed by atoms with E-state index in [1.807, 2.05) is 53.2 Å². The summed E-state index contributed by atoms with van der Waals surface area (Å²) in [6, 6.07) is 20.3. The predicted molar refractivity (Wildman–Crippen MR) is 123 cm³/mol. The molecule has 1 saturated carbocycles. The number of likely N-dealkylation sites (N-methyl/N-ethyl adjacent to an activating group) is 1. The van der Waals surface area contributed by atoms with Crippen LogP contribution in [0.25, 0.3) is 0 Å². The van der Waals surface area contributed by atoms with Crippen LogP contribution in [0.1, 0.15) is 31.2 Å². The molecule has 1 spiro atoms. The lowest BCUT2D eigenvalue weighted by Crippen LogP contribution is -2.56. The SMILES string of the molecule is CN[C@]1(c2ccccc2)CC[C@]2(CC1)CN(c1ccccc1)C(=O)N2CC(=O)N(C)C. The molecule has 1 N–H and O–H groups in total. The van der Waals surface area contributed by atoms with Gasteiger partial charge in [-0.1, -0.05) is 48.5 Å². The molecule has 2 fully saturated rings. The van der Waals surface area contributed by atoms with Crippen molar-refractivity contribution in [2.24, 2.45) is 0 Å². The van der Waals surface area contributed by atoms with Gasteiger partial charge in [-0.05, 0) is 50.4 Å². The minimum atomic E-state index is -0.340. The number of hydrogen-bond donors (Lipinski definition) is 1. The van der Waals surface area contributed by atoms with Gasteiger partial charge in [0.25, 0.3) is 0 Å². The number of benzene rings is 2. The number of amides is 3. The van der Waals surface area contributed by atoms with Gasteiger partial charge in [0.2, 0.25) is 5.91 Å². The van der Waals surface area contributed by atoms with Crippen LogP contribution in [-0.2, 0) is 10.3 Å². The van der Waals surface area contributed by atoms with Crippen molar-refractivity contribution in [2.45, 2.75) is 36.8 Å². The molecule has 1 aliphatic carbocycles. The lowest BCUT2D eigenvalue weighted by Gasteiger charge is -2.48. The molecular weight excluding hydrogens is 388 g/mol. The van der Waals surface area contributed by atoms with E-state index in [9.17, 15) is 9.59 Å². The van der Waals surface area contributed by atoms with Crippen LogP contribution in [0.5, 0.6) is 0 Å². The standard InChI is InChI=1S/C25H32N4O2/c1-26-25(20-10-6-4-7-11-20)16-14-24(15-17-25)19-28(21-12-8-5-9-13-21)23(31)29(24)18-22(30)27(2)3/h4-13,26H,14-19H2,1-3H3/t24-,25+. The van der Waals surface area contributed by atoms with Crippen molar-refractivity contribution in [3.63, 3.8) is 0 Å². The van der Waals surface area contributed by atoms with Crippen LogP contribution in [0.2, 0.25) is 0 Å². The fourth-order valence-electron chi connectivity index (χ4n) is 5.13. The molecule has 1 aliphatic heterocycles. The molecule has 6 nitrogen and oxygen atoms in total. The molecule has 0 bridgehead atoms. The van der Waals surface area contributed by atoms with Crippen LogP contribution < -0.4 is 10.2 Å². The zero-order valence-corrected chi connectivity index (χ0v) is 18.7. The Morgan fingerprint density at radius 1 is 0.968 bits per heavy atom. The Morgan fingerprint density at radius 3 is 2.10 bits per heavy atom. The van der Waals surface area contributed by atoms with Crippen molar-refractivity contribution in [3.05, 3.63) is 66.2 Å². The van der Waals surface area contributed by atoms with E-state index in [-0.39, 0.29) is 29.6 Å². The zero-order chi connectivity index (χ0) is 22.1. The van der Waals surface area contributed by atoms with Gasteiger partial charge in [-0.2, -0.15) is 0 Å². The first kappa shape index (κ1) is 21.4. The summed E-state index contributed by atoms with van der Waals surface area (Å²) in [5.74, 6) is -0.0452. The molecule has 4 rings (SSSR count). The normalized spacial score (nSPS) is 25.8. The van der Waals surface area contributed by atoms with E-state index >= 15 is 0 Å². The number of carbonyl (C=O) groups excluding carboxylic acids is 2. The average molecular weight is 421 g/mol. The summed E-state index contributed by atoms with van der Waals surface area (Å²) >= 11 is 0. The fraction of sp³-hybridized carbons (Fsp3) is 0.440. The van der Waals surface area contributed by atoms with Gasteiger partial charge < -0.3 is 15.1 Å². The van der Waals surface area contributed by atoms with Gasteiger partial charge >= 0.3 is 6.03 Å². The summed E-state index contributed by atoms with van der Waals surface area (Å²) in [4.78, 5) is 31.4. The van der Waals surface area contributed by atoms with E-state index in [0.717, 1.165) is 31.4 Å². The van der Waals surface area contributed by atoms with Gasteiger partial charge in [0.15, 0.2) is 0 Å². The third kappa shape index (κ3) is 3.81. The van der Waals surface area contributed by atoms with Crippen molar-refractivity contribution in [1.82, 2.24) is 15.1 Å². The Balaban J connectivity index is 1.64. The van der Waals surface area contributed by atoms with E-state index in [0.29, 0.717) is 6.54 Å². The molecule has 0 unspecified atom stereocenters. The molecule has 2 aliphatic rings. The molecule has 31 heavy (non-hydrogen) atoms. The van der Waals surface area contributed by atoms with Crippen molar-refractivity contribution >= 4 is 17.6 Å². The minimum absolute atomic E-state index is 0.0452. The molecule has 6 heteroatoms. The predicted octanol–water partition coefficient (Wildman–Crippen LogP) is 3.44. The molecular formula is C25H32N4O2. The van der Waals surface area contributed by atoms with Gasteiger partial charge in [0.05, 0.1) is 12.1 Å². The number of rotatable bonds is 5. The molecule has 0 atom stereocenters. The quantitative estimate of drug-likeness (QED) is 0.806. The topological polar surface area (TPSA) is 55.9 Å². The highest BCUT2D eigenvalue weighted by Gasteiger charge is 2.54. The summed E-state index contributed by atoms with van der Waals surface area (Å²) in [7, 11) is 5.51. The number of para-hydroxylation sites is 1. The van der Waals surface area contributed by atoms with Crippen LogP contribution in [-0.4, -0.2) is 61.5 Å². The van der Waals surface area contributed by atoms with Crippen molar-refractivity contribution in [3.8, 4) is 0 Å². The second-order valence-electron chi connectivity index (χ2n) is 9.00. The number of nitrogens with zero attached hydrogens (tertiary/aromatic N) is 3. The molecule has 1 saturated heterocycles. The van der Waals surface area contributed by atoms with Crippen LogP contribution in [0, 0.1) is 0 Å². The fourth-order valence-corrected chi connectivity index (χ4v) is 5.13. The Kier molecular flexibility index (Phi) is 5.75. The first-order chi connectivity index (χ1) is 14.9. The third-order valence-corrected chi connectivity index (χ3v) is 7.19. The van der Waals surface area contributed by atoms with Gasteiger partial charge in [0.1, 0.15) is 6.54 Å². The first-order valence-electron chi connectivity index (χ1n) is 11.0. The highest BCUT2D eigenvalue weighted by Crippen LogP contribution is 2.47. The molecule has 3 amide bonds. The molecule has 0 radical (unpaired) electrons. The number of urea groups is 1. The molecule has 1 heterocycles. The van der Waals surface area contributed by atoms with Crippen molar-refractivity contribution in [2.75, 3.05) is 39.1 Å². The molecule has 0 aromatic heterocycles. The first-order valence-corrected chi connectivity index (χ1v) is 11.0. The second-order valence-corrected chi connectivity index (χ2v) is 9.00. The lowest BCUT2D eigenvalue weighted by molar-refractivity contribution is -0.130. The summed E-state index contributed by atoms with van der Waals surface area (Å²) in [5.41, 5.74) is 1.73. The summed E-state index contributed by atoms with van der Waals surface area (Å²) in [5, 5.41) is 3.58. The summed E-state index contributed by atoms with van der Waals surface area (Å²) < 4.78 is 0. The zero-order valence-electron chi connectivity index (χ0n) is 18.7. The molecule has 164 valence electrons. The maximum absolute atomic E-state index is 13.5. The van der Waals surface area contributed by atoms with Crippen LogP contribution in [0.3, 0.4) is 0 Å². The van der Waals surface area contributed by atoms with E-state index in [1.165, 1.54) is 5.56 Å². The second kappa shape index (κ2) is 8.35. The highest BCUT2D eigenvalue weighted by molar-refractivity contribution is 5.97. The van der Waals surface area contributed by atoms with Crippen molar-refractivity contribution < 1.29 is 9.59 Å². The molecule has 2 aromatic rings. The minimum Gasteiger partial charge on any atom is -0.347 e. The van der Waals surface area contributed by atoms with Crippen LogP contribution >= 0.6 is 0 Å². The van der Waals surface area contributed by atoms with Gasteiger partial charge in [-0.3, -0.25) is 9.69 Å².